The van der Waals surface area contributed by atoms with Gasteiger partial charge in [-0.1, -0.05) is 42.8 Å². The number of nitrogens with two attached hydrogens (primary N) is 1. The van der Waals surface area contributed by atoms with E-state index in [0.29, 0.717) is 42.2 Å². The zero-order chi connectivity index (χ0) is 21.6. The zero-order valence-electron chi connectivity index (χ0n) is 17.2. The van der Waals surface area contributed by atoms with Gasteiger partial charge in [0.2, 0.25) is 5.91 Å². The molecule has 2 N–H and O–H groups in total. The molecule has 4 rings (SSSR count). The number of ether oxygens (including phenoxy) is 1. The number of anilines is 1. The van der Waals surface area contributed by atoms with Gasteiger partial charge >= 0.3 is 0 Å². The van der Waals surface area contributed by atoms with Crippen LogP contribution in [0.2, 0.25) is 0 Å². The van der Waals surface area contributed by atoms with Crippen LogP contribution in [0.25, 0.3) is 11.0 Å². The van der Waals surface area contributed by atoms with E-state index in [9.17, 15) is 4.79 Å². The van der Waals surface area contributed by atoms with Gasteiger partial charge in [0.25, 0.3) is 0 Å². The molecule has 3 aromatic rings. The number of hydrogen-bond acceptors (Lipinski definition) is 6. The number of likely N-dealkylation sites (tertiary alicyclic amines) is 1. The maximum absolute atomic E-state index is 12.1. The van der Waals surface area contributed by atoms with Crippen molar-refractivity contribution < 1.29 is 9.53 Å². The van der Waals surface area contributed by atoms with E-state index in [1.54, 1.807) is 4.90 Å². The Bertz CT molecular complexity index is 1150. The number of carbonyl (C=O) groups is 1. The summed E-state index contributed by atoms with van der Waals surface area (Å²) in [6, 6.07) is 9.91. The second-order valence-electron chi connectivity index (χ2n) is 7.32. The van der Waals surface area contributed by atoms with Crippen LogP contribution >= 0.6 is 0 Å². The van der Waals surface area contributed by atoms with Crippen molar-refractivity contribution >= 4 is 22.8 Å². The number of rotatable bonds is 5. The van der Waals surface area contributed by atoms with Crippen molar-refractivity contribution in [1.82, 2.24) is 24.6 Å². The van der Waals surface area contributed by atoms with E-state index in [1.807, 2.05) is 35.0 Å². The number of nitrogen functional groups attached to an aromatic ring is 1. The number of amides is 1. The molecule has 1 aliphatic heterocycles. The lowest BCUT2D eigenvalue weighted by atomic mass is 10.1. The molecular formula is C23H24N6O2. The molecule has 1 unspecified atom stereocenters. The van der Waals surface area contributed by atoms with Crippen LogP contribution < -0.4 is 5.73 Å². The number of carbonyl (C=O) groups excluding carboxylic acids is 1. The van der Waals surface area contributed by atoms with E-state index in [1.165, 1.54) is 12.4 Å². The third-order valence-corrected chi connectivity index (χ3v) is 5.24. The molecule has 0 radical (unpaired) electrons. The van der Waals surface area contributed by atoms with E-state index in [0.717, 1.165) is 18.4 Å². The lowest BCUT2D eigenvalue weighted by Crippen LogP contribution is -2.40. The first-order chi connectivity index (χ1) is 15.2. The maximum Gasteiger partial charge on any atom is 0.246 e. The molecule has 31 heavy (non-hydrogen) atoms. The third kappa shape index (κ3) is 4.57. The molecule has 8 nitrogen and oxygen atoms in total. The molecule has 8 heteroatoms. The molecule has 1 saturated heterocycles. The Morgan fingerprint density at radius 2 is 2.16 bits per heavy atom. The summed E-state index contributed by atoms with van der Waals surface area (Å²) in [5.41, 5.74) is 8.35. The van der Waals surface area contributed by atoms with Gasteiger partial charge in [-0.15, -0.1) is 0 Å². The number of nitrogens with zero attached hydrogens (tertiary/aromatic N) is 5. The van der Waals surface area contributed by atoms with Crippen molar-refractivity contribution in [2.45, 2.75) is 25.5 Å². The van der Waals surface area contributed by atoms with E-state index in [4.69, 9.17) is 15.6 Å². The fourth-order valence-corrected chi connectivity index (χ4v) is 3.74. The van der Waals surface area contributed by atoms with Crippen LogP contribution in [0, 0.1) is 11.8 Å². The molecule has 3 heterocycles. The topological polar surface area (TPSA) is 99.2 Å². The smallest absolute Gasteiger partial charge is 0.246 e. The number of fused-ring (bicyclic) bond motifs is 1. The minimum Gasteiger partial charge on any atom is -0.383 e. The van der Waals surface area contributed by atoms with Gasteiger partial charge in [-0.25, -0.2) is 14.6 Å². The van der Waals surface area contributed by atoms with Crippen LogP contribution in [-0.2, 0) is 16.1 Å². The van der Waals surface area contributed by atoms with Crippen LogP contribution in [0.5, 0.6) is 0 Å². The van der Waals surface area contributed by atoms with Gasteiger partial charge < -0.3 is 15.4 Å². The number of benzene rings is 1. The summed E-state index contributed by atoms with van der Waals surface area (Å²) in [4.78, 5) is 22.4. The van der Waals surface area contributed by atoms with Gasteiger partial charge in [-0.05, 0) is 30.4 Å². The predicted octanol–water partition coefficient (Wildman–Crippen LogP) is 2.33. The molecule has 1 aliphatic rings. The molecule has 0 aliphatic carbocycles. The number of piperidine rings is 1. The van der Waals surface area contributed by atoms with E-state index < -0.39 is 0 Å². The van der Waals surface area contributed by atoms with Gasteiger partial charge in [-0.3, -0.25) is 4.79 Å². The van der Waals surface area contributed by atoms with Crippen molar-refractivity contribution in [1.29, 1.82) is 0 Å². The average Bonchev–Trinajstić information content (AvgIpc) is 3.19. The van der Waals surface area contributed by atoms with Crippen LogP contribution in [0.4, 0.5) is 5.82 Å². The lowest BCUT2D eigenvalue weighted by molar-refractivity contribution is -0.127. The van der Waals surface area contributed by atoms with Crippen LogP contribution in [-0.4, -0.2) is 50.3 Å². The molecule has 1 atom stereocenters. The largest absolute Gasteiger partial charge is 0.383 e. The Morgan fingerprint density at radius 3 is 2.97 bits per heavy atom. The summed E-state index contributed by atoms with van der Waals surface area (Å²) < 4.78 is 7.46. The first-order valence-corrected chi connectivity index (χ1v) is 10.2. The first kappa shape index (κ1) is 20.6. The molecule has 0 bridgehead atoms. The van der Waals surface area contributed by atoms with Crippen LogP contribution in [0.15, 0.2) is 49.3 Å². The summed E-state index contributed by atoms with van der Waals surface area (Å²) in [5, 5.41) is 5.32. The van der Waals surface area contributed by atoms with E-state index in [-0.39, 0.29) is 18.6 Å². The minimum atomic E-state index is -0.0779. The van der Waals surface area contributed by atoms with E-state index in [2.05, 4.69) is 28.4 Å². The Kier molecular flexibility index (Phi) is 6.24. The monoisotopic (exact) mass is 416 g/mol. The molecular weight excluding hydrogens is 392 g/mol. The highest BCUT2D eigenvalue weighted by atomic mass is 16.5. The summed E-state index contributed by atoms with van der Waals surface area (Å²) >= 11 is 0. The quantitative estimate of drug-likeness (QED) is 0.389. The number of aromatic nitrogens is 4. The van der Waals surface area contributed by atoms with Gasteiger partial charge in [0.1, 0.15) is 24.4 Å². The summed E-state index contributed by atoms with van der Waals surface area (Å²) in [5.74, 6) is 6.32. The highest BCUT2D eigenvalue weighted by Crippen LogP contribution is 2.28. The SMILES string of the molecule is C=CC(=O)N1CCCC(n2nc(C#CCOCc3ccccc3)c3c(N)ncnc32)C1. The lowest BCUT2D eigenvalue weighted by Gasteiger charge is -2.32. The minimum absolute atomic E-state index is 0.0145. The summed E-state index contributed by atoms with van der Waals surface area (Å²) in [7, 11) is 0. The maximum atomic E-state index is 12.1. The molecule has 1 fully saturated rings. The van der Waals surface area contributed by atoms with Gasteiger partial charge in [0.05, 0.1) is 18.0 Å². The van der Waals surface area contributed by atoms with Crippen molar-refractivity contribution in [3.8, 4) is 11.8 Å². The summed E-state index contributed by atoms with van der Waals surface area (Å²) in [6.07, 6.45) is 4.52. The zero-order valence-corrected chi connectivity index (χ0v) is 17.2. The fraction of sp³-hybridized carbons (Fsp3) is 0.304. The van der Waals surface area contributed by atoms with E-state index >= 15 is 0 Å². The molecule has 158 valence electrons. The third-order valence-electron chi connectivity index (χ3n) is 5.24. The van der Waals surface area contributed by atoms with Crippen LogP contribution in [0.3, 0.4) is 0 Å². The van der Waals surface area contributed by atoms with Crippen molar-refractivity contribution in [3.05, 3.63) is 60.6 Å². The molecule has 1 amide bonds. The summed E-state index contributed by atoms with van der Waals surface area (Å²) in [6.45, 7) is 5.60. The van der Waals surface area contributed by atoms with Crippen molar-refractivity contribution in [2.24, 2.45) is 0 Å². The average molecular weight is 416 g/mol. The van der Waals surface area contributed by atoms with Crippen molar-refractivity contribution in [3.63, 3.8) is 0 Å². The molecule has 2 aromatic heterocycles. The molecule has 0 spiro atoms. The van der Waals surface area contributed by atoms with Crippen LogP contribution in [0.1, 0.15) is 30.1 Å². The highest BCUT2D eigenvalue weighted by Gasteiger charge is 2.27. The molecule has 0 saturated carbocycles. The fourth-order valence-electron chi connectivity index (χ4n) is 3.74. The first-order valence-electron chi connectivity index (χ1n) is 10.2. The predicted molar refractivity (Wildman–Crippen MR) is 118 cm³/mol. The normalized spacial score (nSPS) is 16.0. The van der Waals surface area contributed by atoms with Gasteiger partial charge in [0.15, 0.2) is 5.65 Å². The highest BCUT2D eigenvalue weighted by molar-refractivity contribution is 5.90. The standard InChI is InChI=1S/C23H24N6O2/c1-2-20(30)28-12-6-10-18(14-28)29-23-21(22(24)25-16-26-23)19(27-29)11-7-13-31-15-17-8-4-3-5-9-17/h2-5,8-9,16,18H,1,6,10,12-15H2,(H2,24,25,26). The number of hydrogen-bond donors (Lipinski definition) is 1. The Labute approximate surface area is 180 Å². The second kappa shape index (κ2) is 9.41. The Morgan fingerprint density at radius 1 is 1.32 bits per heavy atom. The Balaban J connectivity index is 1.55. The van der Waals surface area contributed by atoms with Gasteiger partial charge in [0, 0.05) is 13.1 Å². The van der Waals surface area contributed by atoms with Gasteiger partial charge in [-0.2, -0.15) is 5.10 Å². The molecule has 1 aromatic carbocycles. The Hall–Kier alpha value is -3.70. The second-order valence-corrected chi connectivity index (χ2v) is 7.32. The van der Waals surface area contributed by atoms with Crippen molar-refractivity contribution in [2.75, 3.05) is 25.4 Å².